The van der Waals surface area contributed by atoms with Crippen LogP contribution in [0, 0.1) is 3.57 Å². The maximum atomic E-state index is 10.9. The third-order valence-corrected chi connectivity index (χ3v) is 2.68. The molecule has 4 heteroatoms. The first-order valence-corrected chi connectivity index (χ1v) is 6.00. The van der Waals surface area contributed by atoms with Crippen molar-refractivity contribution in [3.8, 4) is 0 Å². The second-order valence-electron chi connectivity index (χ2n) is 3.21. The van der Waals surface area contributed by atoms with Gasteiger partial charge >= 0.3 is 0 Å². The molecule has 3 nitrogen and oxygen atoms in total. The Morgan fingerprint density at radius 2 is 2.27 bits per heavy atom. The molecule has 0 unspecified atom stereocenters. The molecule has 1 aromatic rings. The highest BCUT2D eigenvalue weighted by Gasteiger charge is 1.97. The summed E-state index contributed by atoms with van der Waals surface area (Å²) < 4.78 is 1.21. The Balaban J connectivity index is 2.23. The molecule has 0 saturated heterocycles. The van der Waals surface area contributed by atoms with Crippen LogP contribution < -0.4 is 10.6 Å². The van der Waals surface area contributed by atoms with E-state index < -0.39 is 0 Å². The average molecular weight is 318 g/mol. The summed E-state index contributed by atoms with van der Waals surface area (Å²) in [6.07, 6.45) is 1.43. The Bertz CT molecular complexity index is 328. The molecule has 15 heavy (non-hydrogen) atoms. The number of hydrogen-bond donors (Lipinski definition) is 2. The largest absolute Gasteiger partial charge is 0.385 e. The van der Waals surface area contributed by atoms with Crippen molar-refractivity contribution in [1.29, 1.82) is 0 Å². The van der Waals surface area contributed by atoms with E-state index in [2.05, 4.69) is 45.4 Å². The van der Waals surface area contributed by atoms with Crippen molar-refractivity contribution in [3.63, 3.8) is 0 Å². The van der Waals surface area contributed by atoms with Crippen molar-refractivity contribution in [1.82, 2.24) is 5.32 Å². The zero-order valence-electron chi connectivity index (χ0n) is 8.72. The highest BCUT2D eigenvalue weighted by molar-refractivity contribution is 14.1. The van der Waals surface area contributed by atoms with E-state index in [1.54, 1.807) is 7.05 Å². The zero-order chi connectivity index (χ0) is 11.1. The van der Waals surface area contributed by atoms with Gasteiger partial charge in [0, 0.05) is 29.3 Å². The monoisotopic (exact) mass is 318 g/mol. The molecule has 1 aromatic carbocycles. The van der Waals surface area contributed by atoms with E-state index in [-0.39, 0.29) is 5.91 Å². The van der Waals surface area contributed by atoms with E-state index in [0.29, 0.717) is 6.42 Å². The van der Waals surface area contributed by atoms with Crippen molar-refractivity contribution >= 4 is 34.2 Å². The fourth-order valence-electron chi connectivity index (χ4n) is 1.21. The molecular formula is C11H15IN2O. The Morgan fingerprint density at radius 3 is 2.93 bits per heavy atom. The van der Waals surface area contributed by atoms with E-state index >= 15 is 0 Å². The lowest BCUT2D eigenvalue weighted by Crippen LogP contribution is -2.18. The van der Waals surface area contributed by atoms with Crippen LogP contribution in [0.5, 0.6) is 0 Å². The van der Waals surface area contributed by atoms with Crippen LogP contribution in [-0.4, -0.2) is 19.5 Å². The van der Waals surface area contributed by atoms with E-state index in [0.717, 1.165) is 18.7 Å². The summed E-state index contributed by atoms with van der Waals surface area (Å²) in [5.41, 5.74) is 1.11. The summed E-state index contributed by atoms with van der Waals surface area (Å²) >= 11 is 2.28. The molecule has 0 saturated carbocycles. The molecule has 0 heterocycles. The third kappa shape index (κ3) is 5.01. The van der Waals surface area contributed by atoms with Gasteiger partial charge in [-0.2, -0.15) is 0 Å². The van der Waals surface area contributed by atoms with Gasteiger partial charge in [-0.1, -0.05) is 6.07 Å². The predicted octanol–water partition coefficient (Wildman–Crippen LogP) is 2.23. The summed E-state index contributed by atoms with van der Waals surface area (Å²) in [6.45, 7) is 0.827. The molecule has 1 amide bonds. The smallest absolute Gasteiger partial charge is 0.219 e. The highest BCUT2D eigenvalue weighted by Crippen LogP contribution is 2.12. The predicted molar refractivity (Wildman–Crippen MR) is 70.9 cm³/mol. The van der Waals surface area contributed by atoms with Gasteiger partial charge in [0.2, 0.25) is 5.91 Å². The Morgan fingerprint density at radius 1 is 1.47 bits per heavy atom. The lowest BCUT2D eigenvalue weighted by atomic mass is 10.2. The Kier molecular flexibility index (Phi) is 5.45. The molecule has 0 atom stereocenters. The van der Waals surface area contributed by atoms with Crippen molar-refractivity contribution in [2.75, 3.05) is 18.9 Å². The van der Waals surface area contributed by atoms with Gasteiger partial charge in [0.05, 0.1) is 0 Å². The molecule has 2 N–H and O–H groups in total. The first-order valence-electron chi connectivity index (χ1n) is 4.92. The quantitative estimate of drug-likeness (QED) is 0.646. The van der Waals surface area contributed by atoms with E-state index in [1.807, 2.05) is 12.1 Å². The van der Waals surface area contributed by atoms with Crippen LogP contribution in [0.25, 0.3) is 0 Å². The number of hydrogen-bond acceptors (Lipinski definition) is 2. The van der Waals surface area contributed by atoms with E-state index in [4.69, 9.17) is 0 Å². The minimum atomic E-state index is 0.0967. The SMILES string of the molecule is CNC(=O)CCCNc1cccc(I)c1. The summed E-state index contributed by atoms with van der Waals surface area (Å²) in [6, 6.07) is 8.18. The number of benzene rings is 1. The van der Waals surface area contributed by atoms with Gasteiger partial charge in [-0.3, -0.25) is 4.79 Å². The topological polar surface area (TPSA) is 41.1 Å². The molecule has 0 radical (unpaired) electrons. The molecule has 0 spiro atoms. The second-order valence-corrected chi connectivity index (χ2v) is 4.46. The minimum absolute atomic E-state index is 0.0967. The zero-order valence-corrected chi connectivity index (χ0v) is 10.9. The molecule has 82 valence electrons. The molecule has 0 bridgehead atoms. The fraction of sp³-hybridized carbons (Fsp3) is 0.364. The first kappa shape index (κ1) is 12.3. The number of halogens is 1. The fourth-order valence-corrected chi connectivity index (χ4v) is 1.75. The summed E-state index contributed by atoms with van der Waals surface area (Å²) in [5.74, 6) is 0.0967. The van der Waals surface area contributed by atoms with Crippen molar-refractivity contribution < 1.29 is 4.79 Å². The van der Waals surface area contributed by atoms with Gasteiger partial charge in [0.15, 0.2) is 0 Å². The van der Waals surface area contributed by atoms with Gasteiger partial charge in [-0.15, -0.1) is 0 Å². The normalized spacial score (nSPS) is 9.73. The number of rotatable bonds is 5. The summed E-state index contributed by atoms with van der Waals surface area (Å²) in [7, 11) is 1.66. The van der Waals surface area contributed by atoms with Crippen LogP contribution in [-0.2, 0) is 4.79 Å². The maximum Gasteiger partial charge on any atom is 0.219 e. The molecule has 0 aliphatic heterocycles. The van der Waals surface area contributed by atoms with E-state index in [9.17, 15) is 4.79 Å². The number of carbonyl (C=O) groups excluding carboxylic acids is 1. The Hall–Kier alpha value is -0.780. The Labute approximate surface area is 104 Å². The van der Waals surface area contributed by atoms with Gasteiger partial charge in [0.25, 0.3) is 0 Å². The molecular weight excluding hydrogens is 303 g/mol. The van der Waals surface area contributed by atoms with Crippen LogP contribution in [0.2, 0.25) is 0 Å². The van der Waals surface area contributed by atoms with Crippen LogP contribution in [0.4, 0.5) is 5.69 Å². The number of nitrogens with one attached hydrogen (secondary N) is 2. The first-order chi connectivity index (χ1) is 7.22. The lowest BCUT2D eigenvalue weighted by molar-refractivity contribution is -0.120. The van der Waals surface area contributed by atoms with E-state index in [1.165, 1.54) is 3.57 Å². The lowest BCUT2D eigenvalue weighted by Gasteiger charge is -2.06. The van der Waals surface area contributed by atoms with Crippen molar-refractivity contribution in [2.45, 2.75) is 12.8 Å². The van der Waals surface area contributed by atoms with Crippen LogP contribution in [0.3, 0.4) is 0 Å². The van der Waals surface area contributed by atoms with Crippen LogP contribution in [0.1, 0.15) is 12.8 Å². The van der Waals surface area contributed by atoms with Crippen molar-refractivity contribution in [3.05, 3.63) is 27.8 Å². The standard InChI is InChI=1S/C11H15IN2O/c1-13-11(15)6-3-7-14-10-5-2-4-9(12)8-10/h2,4-5,8,14H,3,6-7H2,1H3,(H,13,15). The number of anilines is 1. The molecule has 0 aliphatic rings. The second kappa shape index (κ2) is 6.66. The highest BCUT2D eigenvalue weighted by atomic mass is 127. The third-order valence-electron chi connectivity index (χ3n) is 2.01. The van der Waals surface area contributed by atoms with Crippen molar-refractivity contribution in [2.24, 2.45) is 0 Å². The summed E-state index contributed by atoms with van der Waals surface area (Å²) in [5, 5.41) is 5.88. The maximum absolute atomic E-state index is 10.9. The van der Waals surface area contributed by atoms with Gasteiger partial charge in [-0.25, -0.2) is 0 Å². The number of amides is 1. The van der Waals surface area contributed by atoms with Crippen LogP contribution >= 0.6 is 22.6 Å². The van der Waals surface area contributed by atoms with Crippen LogP contribution in [0.15, 0.2) is 24.3 Å². The molecule has 0 aromatic heterocycles. The molecule has 0 fully saturated rings. The van der Waals surface area contributed by atoms with Gasteiger partial charge < -0.3 is 10.6 Å². The number of carbonyl (C=O) groups is 1. The average Bonchev–Trinajstić information content (AvgIpc) is 2.24. The van der Waals surface area contributed by atoms with Gasteiger partial charge in [-0.05, 0) is 47.2 Å². The molecule has 0 aliphatic carbocycles. The van der Waals surface area contributed by atoms with Gasteiger partial charge in [0.1, 0.15) is 0 Å². The summed E-state index contributed by atoms with van der Waals surface area (Å²) in [4.78, 5) is 10.9. The molecule has 1 rings (SSSR count). The minimum Gasteiger partial charge on any atom is -0.385 e.